The van der Waals surface area contributed by atoms with Crippen LogP contribution in [0.15, 0.2) is 0 Å². The molecule has 0 bridgehead atoms. The van der Waals surface area contributed by atoms with Gasteiger partial charge in [0, 0.05) is 25.7 Å². The van der Waals surface area contributed by atoms with E-state index in [4.69, 9.17) is 0 Å². The van der Waals surface area contributed by atoms with Crippen LogP contribution in [0.5, 0.6) is 0 Å². The summed E-state index contributed by atoms with van der Waals surface area (Å²) in [5.74, 6) is -7.22. The normalized spacial score (nSPS) is 9.21. The molecule has 0 saturated carbocycles. The van der Waals surface area contributed by atoms with Crippen molar-refractivity contribution >= 4 is 29.8 Å². The van der Waals surface area contributed by atoms with E-state index in [9.17, 15) is 29.1 Å². The molecule has 0 aromatic carbocycles. The molecule has 8 nitrogen and oxygen atoms in total. The van der Waals surface area contributed by atoms with Crippen molar-refractivity contribution in [2.45, 2.75) is 26.7 Å². The number of carbonyl (C=O) groups excluding carboxylic acids is 5. The fourth-order valence-corrected chi connectivity index (χ4v) is 1.05. The number of carboxylic acid groups (broad SMARTS) is 1. The number of hydrogen-bond donors (Lipinski definition) is 0. The molecule has 0 aliphatic carbocycles. The minimum Gasteiger partial charge on any atom is -0.550 e. The maximum atomic E-state index is 11.0. The third kappa shape index (κ3) is 10.4. The second kappa shape index (κ2) is 9.65. The molecule has 0 heterocycles. The predicted molar refractivity (Wildman–Crippen MR) is 51.3 cm³/mol. The van der Waals surface area contributed by atoms with E-state index in [1.165, 1.54) is 0 Å². The van der Waals surface area contributed by atoms with Crippen molar-refractivity contribution < 1.29 is 68.1 Å². The number of carboxylic acids is 1. The zero-order valence-corrected chi connectivity index (χ0v) is 12.8. The first-order valence-corrected chi connectivity index (χ1v) is 4.85. The van der Waals surface area contributed by atoms with Gasteiger partial charge in [-0.15, -0.1) is 0 Å². The number of hydrogen-bond acceptors (Lipinski definition) is 8. The van der Waals surface area contributed by atoms with Crippen molar-refractivity contribution in [3.05, 3.63) is 0 Å². The van der Waals surface area contributed by atoms with Crippen LogP contribution in [0.25, 0.3) is 0 Å². The molecule has 0 amide bonds. The minimum absolute atomic E-state index is 0. The fourth-order valence-electron chi connectivity index (χ4n) is 1.05. The Hall–Kier alpha value is -1.25. The Bertz CT molecular complexity index is 359. The number of rotatable bonds is 5. The quantitative estimate of drug-likeness (QED) is 0.280. The molecule has 0 saturated heterocycles. The molecule has 19 heavy (non-hydrogen) atoms. The number of ether oxygens (including phenoxy) is 2. The molecule has 0 fully saturated rings. The number of carbonyl (C=O) groups is 5. The van der Waals surface area contributed by atoms with E-state index in [0.29, 0.717) is 0 Å². The van der Waals surface area contributed by atoms with E-state index in [-0.39, 0.29) is 29.6 Å². The zero-order valence-electron chi connectivity index (χ0n) is 10.8. The van der Waals surface area contributed by atoms with Crippen LogP contribution in [-0.4, -0.2) is 29.8 Å². The molecule has 0 spiro atoms. The molecule has 9 heteroatoms. The number of esters is 4. The average molecular weight is 282 g/mol. The summed E-state index contributed by atoms with van der Waals surface area (Å²) < 4.78 is 8.21. The van der Waals surface area contributed by atoms with Crippen LogP contribution in [0.2, 0.25) is 0 Å². The van der Waals surface area contributed by atoms with Crippen molar-refractivity contribution in [2.75, 3.05) is 0 Å². The minimum atomic E-state index is -1.68. The SMILES string of the molecule is CC(=O)OC(=O)CC(CC(=O)OC(C)=O)C(=O)[O-].[Na+]. The van der Waals surface area contributed by atoms with Gasteiger partial charge in [0.1, 0.15) is 0 Å². The van der Waals surface area contributed by atoms with E-state index in [0.717, 1.165) is 13.8 Å². The van der Waals surface area contributed by atoms with Crippen molar-refractivity contribution in [3.63, 3.8) is 0 Å². The van der Waals surface area contributed by atoms with Crippen molar-refractivity contribution in [1.29, 1.82) is 0 Å². The molecule has 0 radical (unpaired) electrons. The third-order valence-electron chi connectivity index (χ3n) is 1.67. The van der Waals surface area contributed by atoms with Gasteiger partial charge in [0.15, 0.2) is 0 Å². The van der Waals surface area contributed by atoms with Crippen LogP contribution >= 0.6 is 0 Å². The predicted octanol–water partition coefficient (Wildman–Crippen LogP) is -4.68. The molecular weight excluding hydrogens is 271 g/mol. The Labute approximate surface area is 130 Å². The molecular formula is C10H11NaO8. The Balaban J connectivity index is 0. The summed E-state index contributed by atoms with van der Waals surface area (Å²) in [5, 5.41) is 10.6. The van der Waals surface area contributed by atoms with E-state index < -0.39 is 48.6 Å². The maximum Gasteiger partial charge on any atom is 1.00 e. The van der Waals surface area contributed by atoms with E-state index in [1.54, 1.807) is 0 Å². The number of aliphatic carboxylic acids is 1. The van der Waals surface area contributed by atoms with Gasteiger partial charge in [-0.3, -0.25) is 19.2 Å². The molecule has 0 rings (SSSR count). The Morgan fingerprint density at radius 1 is 0.895 bits per heavy atom. The topological polar surface area (TPSA) is 127 Å². The molecule has 0 aromatic heterocycles. The summed E-state index contributed by atoms with van der Waals surface area (Å²) in [6.07, 6.45) is -1.45. The van der Waals surface area contributed by atoms with Crippen LogP contribution < -0.4 is 34.7 Å². The first-order valence-electron chi connectivity index (χ1n) is 4.85. The summed E-state index contributed by atoms with van der Waals surface area (Å²) in [6.45, 7) is 1.94. The Kier molecular flexibility index (Phi) is 10.2. The van der Waals surface area contributed by atoms with Gasteiger partial charge in [0.2, 0.25) is 0 Å². The van der Waals surface area contributed by atoms with Gasteiger partial charge >= 0.3 is 53.4 Å². The second-order valence-corrected chi connectivity index (χ2v) is 3.36. The second-order valence-electron chi connectivity index (χ2n) is 3.36. The van der Waals surface area contributed by atoms with Crippen molar-refractivity contribution in [3.8, 4) is 0 Å². The standard InChI is InChI=1S/C10H12O8.Na/c1-5(11)17-8(13)3-7(10(15)16)4-9(14)18-6(2)12;/h7H,3-4H2,1-2H3,(H,15,16);/q;+1/p-1. The van der Waals surface area contributed by atoms with Gasteiger partial charge in [0.05, 0.1) is 12.8 Å². The summed E-state index contributed by atoms with van der Waals surface area (Å²) in [7, 11) is 0. The van der Waals surface area contributed by atoms with E-state index in [1.807, 2.05) is 0 Å². The van der Waals surface area contributed by atoms with Crippen LogP contribution in [0.3, 0.4) is 0 Å². The average Bonchev–Trinajstić information content (AvgIpc) is 2.13. The van der Waals surface area contributed by atoms with Crippen molar-refractivity contribution in [2.24, 2.45) is 5.92 Å². The van der Waals surface area contributed by atoms with Crippen LogP contribution in [-0.2, 0) is 33.4 Å². The maximum absolute atomic E-state index is 11.0. The van der Waals surface area contributed by atoms with Crippen LogP contribution in [0.1, 0.15) is 26.7 Å². The fraction of sp³-hybridized carbons (Fsp3) is 0.500. The first kappa shape index (κ1) is 20.1. The van der Waals surface area contributed by atoms with Crippen molar-refractivity contribution in [1.82, 2.24) is 0 Å². The van der Waals surface area contributed by atoms with Crippen LogP contribution in [0.4, 0.5) is 0 Å². The molecule has 0 unspecified atom stereocenters. The largest absolute Gasteiger partial charge is 1.00 e. The van der Waals surface area contributed by atoms with Gasteiger partial charge in [-0.25, -0.2) is 0 Å². The van der Waals surface area contributed by atoms with Gasteiger partial charge in [-0.05, 0) is 0 Å². The summed E-state index contributed by atoms with van der Waals surface area (Å²) >= 11 is 0. The van der Waals surface area contributed by atoms with Crippen LogP contribution in [0, 0.1) is 5.92 Å². The van der Waals surface area contributed by atoms with Gasteiger partial charge in [-0.1, -0.05) is 0 Å². The van der Waals surface area contributed by atoms with E-state index in [2.05, 4.69) is 9.47 Å². The molecule has 0 aliphatic rings. The molecule has 0 N–H and O–H groups in total. The third-order valence-corrected chi connectivity index (χ3v) is 1.67. The van der Waals surface area contributed by atoms with E-state index >= 15 is 0 Å². The smallest absolute Gasteiger partial charge is 0.550 e. The van der Waals surface area contributed by atoms with Gasteiger partial charge in [0.25, 0.3) is 0 Å². The van der Waals surface area contributed by atoms with Gasteiger partial charge < -0.3 is 19.4 Å². The molecule has 0 aliphatic heterocycles. The summed E-state index contributed by atoms with van der Waals surface area (Å²) in [6, 6.07) is 0. The summed E-state index contributed by atoms with van der Waals surface area (Å²) in [4.78, 5) is 53.5. The Morgan fingerprint density at radius 2 is 1.21 bits per heavy atom. The first-order chi connectivity index (χ1) is 8.22. The molecule has 100 valence electrons. The Morgan fingerprint density at radius 3 is 1.42 bits per heavy atom. The molecule has 0 atom stereocenters. The van der Waals surface area contributed by atoms with Gasteiger partial charge in [-0.2, -0.15) is 0 Å². The zero-order chi connectivity index (χ0) is 14.3. The molecule has 0 aromatic rings. The summed E-state index contributed by atoms with van der Waals surface area (Å²) in [5.41, 5.74) is 0. The monoisotopic (exact) mass is 282 g/mol.